The van der Waals surface area contributed by atoms with Crippen LogP contribution in [0.1, 0.15) is 12.0 Å². The van der Waals surface area contributed by atoms with Crippen molar-refractivity contribution in [1.29, 1.82) is 0 Å². The maximum absolute atomic E-state index is 12.7. The van der Waals surface area contributed by atoms with Crippen LogP contribution in [-0.2, 0) is 39.7 Å². The van der Waals surface area contributed by atoms with Crippen LogP contribution in [0.3, 0.4) is 0 Å². The number of aliphatic hydroxyl groups is 5. The Kier molecular flexibility index (Phi) is 10.6. The summed E-state index contributed by atoms with van der Waals surface area (Å²) < 4.78 is 26.6. The minimum atomic E-state index is -1.74. The van der Waals surface area contributed by atoms with Crippen LogP contribution < -0.4 is 0 Å². The Morgan fingerprint density at radius 1 is 1.05 bits per heavy atom. The summed E-state index contributed by atoms with van der Waals surface area (Å²) in [7, 11) is 1.14. The molecule has 0 aliphatic carbocycles. The summed E-state index contributed by atoms with van der Waals surface area (Å²) in [6.45, 7) is -1.19. The van der Waals surface area contributed by atoms with Gasteiger partial charge in [-0.15, -0.1) is 0 Å². The number of benzene rings is 1. The van der Waals surface area contributed by atoms with Gasteiger partial charge in [0, 0.05) is 17.9 Å². The Labute approximate surface area is 218 Å². The number of hydrogen-bond donors (Lipinski definition) is 6. The van der Waals surface area contributed by atoms with Crippen molar-refractivity contribution >= 4 is 11.9 Å². The van der Waals surface area contributed by atoms with Crippen molar-refractivity contribution in [2.75, 3.05) is 26.9 Å². The number of ether oxygens (including phenoxy) is 5. The summed E-state index contributed by atoms with van der Waals surface area (Å²) in [4.78, 5) is 25.1. The van der Waals surface area contributed by atoms with E-state index in [-0.39, 0.29) is 29.9 Å². The Morgan fingerprint density at radius 2 is 1.76 bits per heavy atom. The minimum Gasteiger partial charge on any atom is -0.508 e. The van der Waals surface area contributed by atoms with Crippen molar-refractivity contribution in [2.24, 2.45) is 5.92 Å². The van der Waals surface area contributed by atoms with E-state index in [2.05, 4.69) is 0 Å². The lowest BCUT2D eigenvalue weighted by Gasteiger charge is -2.41. The number of phenols is 1. The van der Waals surface area contributed by atoms with E-state index in [9.17, 15) is 40.2 Å². The molecule has 0 aromatic heterocycles. The molecule has 2 heterocycles. The van der Waals surface area contributed by atoms with Crippen molar-refractivity contribution in [3.05, 3.63) is 53.3 Å². The van der Waals surface area contributed by atoms with Crippen molar-refractivity contribution in [3.8, 4) is 5.75 Å². The van der Waals surface area contributed by atoms with Crippen LogP contribution in [0.15, 0.2) is 47.7 Å². The van der Waals surface area contributed by atoms with Crippen molar-refractivity contribution in [2.45, 2.75) is 49.8 Å². The van der Waals surface area contributed by atoms with Gasteiger partial charge in [0.05, 0.1) is 45.2 Å². The van der Waals surface area contributed by atoms with Crippen molar-refractivity contribution in [1.82, 2.24) is 0 Å². The molecule has 0 unspecified atom stereocenters. The standard InChI is InChI=1S/C25H32O13/c1-34-23(33)17-12-36-24(38-25-22(32)21(31)20(30)18(11-27)37-25)15(6-8-26)16(17)10-19(29)35-9-7-13-2-4-14(28)5-3-13/h2-6,12,16,18,20-22,24-28,30-32H,7-11H2,1H3/t16-,18+,20+,21-,22+,24-,25-/m0/s1. The molecule has 1 aromatic carbocycles. The van der Waals surface area contributed by atoms with Gasteiger partial charge >= 0.3 is 11.9 Å². The van der Waals surface area contributed by atoms with Crippen LogP contribution in [-0.4, -0.2) is 107 Å². The largest absolute Gasteiger partial charge is 0.508 e. The van der Waals surface area contributed by atoms with E-state index < -0.39 is 68.1 Å². The molecule has 0 spiro atoms. The summed E-state index contributed by atoms with van der Waals surface area (Å²) in [6, 6.07) is 6.38. The van der Waals surface area contributed by atoms with Gasteiger partial charge < -0.3 is 54.3 Å². The van der Waals surface area contributed by atoms with E-state index in [1.54, 1.807) is 12.1 Å². The average Bonchev–Trinajstić information content (AvgIpc) is 2.91. The Hall–Kier alpha value is -3.04. The van der Waals surface area contributed by atoms with Gasteiger partial charge in [-0.3, -0.25) is 4.79 Å². The molecule has 0 bridgehead atoms. The quantitative estimate of drug-likeness (QED) is 0.150. The molecule has 7 atom stereocenters. The molecular weight excluding hydrogens is 508 g/mol. The van der Waals surface area contributed by atoms with Crippen LogP contribution in [0.2, 0.25) is 0 Å². The third-order valence-corrected chi connectivity index (χ3v) is 6.18. The molecule has 38 heavy (non-hydrogen) atoms. The van der Waals surface area contributed by atoms with Crippen LogP contribution in [0.25, 0.3) is 0 Å². The monoisotopic (exact) mass is 540 g/mol. The lowest BCUT2D eigenvalue weighted by atomic mass is 9.86. The van der Waals surface area contributed by atoms with Gasteiger partial charge in [0.1, 0.15) is 30.2 Å². The maximum Gasteiger partial charge on any atom is 0.337 e. The normalized spacial score (nSPS) is 30.3. The zero-order valence-electron chi connectivity index (χ0n) is 20.6. The first-order chi connectivity index (χ1) is 18.2. The molecule has 2 aliphatic rings. The van der Waals surface area contributed by atoms with E-state index >= 15 is 0 Å². The van der Waals surface area contributed by atoms with E-state index in [1.165, 1.54) is 18.2 Å². The highest BCUT2D eigenvalue weighted by Gasteiger charge is 2.47. The highest BCUT2D eigenvalue weighted by atomic mass is 16.8. The number of aromatic hydroxyl groups is 1. The van der Waals surface area contributed by atoms with Gasteiger partial charge in [0.15, 0.2) is 6.29 Å². The highest BCUT2D eigenvalue weighted by Crippen LogP contribution is 2.36. The molecular formula is C25H32O13. The van der Waals surface area contributed by atoms with Crippen LogP contribution in [0.5, 0.6) is 5.75 Å². The summed E-state index contributed by atoms with van der Waals surface area (Å²) >= 11 is 0. The fraction of sp³-hybridized carbons (Fsp3) is 0.520. The number of phenolic OH excluding ortho intramolecular Hbond substituents is 1. The molecule has 0 saturated carbocycles. The molecule has 13 nitrogen and oxygen atoms in total. The van der Waals surface area contributed by atoms with E-state index in [4.69, 9.17) is 23.7 Å². The van der Waals surface area contributed by atoms with Crippen LogP contribution in [0.4, 0.5) is 0 Å². The fourth-order valence-corrected chi connectivity index (χ4v) is 4.10. The first kappa shape index (κ1) is 29.5. The van der Waals surface area contributed by atoms with Gasteiger partial charge in [-0.2, -0.15) is 0 Å². The second-order valence-corrected chi connectivity index (χ2v) is 8.65. The molecule has 6 N–H and O–H groups in total. The van der Waals surface area contributed by atoms with Crippen LogP contribution >= 0.6 is 0 Å². The van der Waals surface area contributed by atoms with Gasteiger partial charge in [-0.25, -0.2) is 4.79 Å². The third-order valence-electron chi connectivity index (χ3n) is 6.18. The second-order valence-electron chi connectivity index (χ2n) is 8.65. The number of carbonyl (C=O) groups excluding carboxylic acids is 2. The lowest BCUT2D eigenvalue weighted by molar-refractivity contribution is -0.327. The second kappa shape index (κ2) is 13.7. The van der Waals surface area contributed by atoms with Crippen LogP contribution in [0, 0.1) is 5.92 Å². The maximum atomic E-state index is 12.7. The Balaban J connectivity index is 1.75. The molecule has 13 heteroatoms. The molecule has 3 rings (SSSR count). The SMILES string of the molecule is COC(=O)C1=CO[C@@H](O[C@@H]2O[C@H](CO)[C@@H](O)[C@H](O)[C@H]2O)C(=CCO)[C@@H]1CC(=O)OCCc1ccc(O)cc1. The van der Waals surface area contributed by atoms with Gasteiger partial charge in [-0.1, -0.05) is 18.2 Å². The summed E-state index contributed by atoms with van der Waals surface area (Å²) in [5.74, 6) is -2.39. The number of esters is 2. The van der Waals surface area contributed by atoms with E-state index in [1.807, 2.05) is 0 Å². The predicted molar refractivity (Wildman–Crippen MR) is 126 cm³/mol. The molecule has 1 aromatic rings. The zero-order chi connectivity index (χ0) is 27.8. The first-order valence-electron chi connectivity index (χ1n) is 11.8. The zero-order valence-corrected chi connectivity index (χ0v) is 20.6. The van der Waals surface area contributed by atoms with Crippen molar-refractivity contribution < 1.29 is 63.9 Å². The first-order valence-corrected chi connectivity index (χ1v) is 11.8. The molecule has 1 saturated heterocycles. The number of aliphatic hydroxyl groups excluding tert-OH is 5. The van der Waals surface area contributed by atoms with E-state index in [0.717, 1.165) is 18.9 Å². The van der Waals surface area contributed by atoms with Gasteiger partial charge in [0.2, 0.25) is 6.29 Å². The van der Waals surface area contributed by atoms with Gasteiger partial charge in [0.25, 0.3) is 0 Å². The van der Waals surface area contributed by atoms with Gasteiger partial charge in [-0.05, 0) is 17.7 Å². The molecule has 2 aliphatic heterocycles. The lowest BCUT2D eigenvalue weighted by Crippen LogP contribution is -2.60. The molecule has 0 radical (unpaired) electrons. The molecule has 0 amide bonds. The smallest absolute Gasteiger partial charge is 0.337 e. The predicted octanol–water partition coefficient (Wildman–Crippen LogP) is -1.37. The number of methoxy groups -OCH3 is 1. The topological polar surface area (TPSA) is 202 Å². The number of hydrogen-bond acceptors (Lipinski definition) is 13. The molecule has 210 valence electrons. The Morgan fingerprint density at radius 3 is 2.39 bits per heavy atom. The summed E-state index contributed by atoms with van der Waals surface area (Å²) in [6.07, 6.45) is -6.99. The Bertz CT molecular complexity index is 1000. The fourth-order valence-electron chi connectivity index (χ4n) is 4.10. The average molecular weight is 541 g/mol. The summed E-state index contributed by atoms with van der Waals surface area (Å²) in [5.41, 5.74) is 0.879. The third kappa shape index (κ3) is 7.08. The highest BCUT2D eigenvalue weighted by molar-refractivity contribution is 5.90. The molecule has 1 fully saturated rings. The number of rotatable bonds is 10. The number of carbonyl (C=O) groups is 2. The van der Waals surface area contributed by atoms with Crippen molar-refractivity contribution in [3.63, 3.8) is 0 Å². The minimum absolute atomic E-state index is 0.0218. The van der Waals surface area contributed by atoms with E-state index in [0.29, 0.717) is 6.42 Å². The summed E-state index contributed by atoms with van der Waals surface area (Å²) in [5, 5.41) is 58.8.